The highest BCUT2D eigenvalue weighted by molar-refractivity contribution is 7.89. The number of fused-ring (bicyclic) bond motifs is 1. The van der Waals surface area contributed by atoms with Crippen LogP contribution in [0.3, 0.4) is 0 Å². The third kappa shape index (κ3) is 3.11. The van der Waals surface area contributed by atoms with Gasteiger partial charge >= 0.3 is 0 Å². The fourth-order valence-corrected chi connectivity index (χ4v) is 5.42. The minimum atomic E-state index is -3.54. The molecule has 1 N–H and O–H groups in total. The first-order chi connectivity index (χ1) is 12.1. The molecule has 2 aromatic rings. The Kier molecular flexibility index (Phi) is 4.38. The maximum Gasteiger partial charge on any atom is 0.243 e. The van der Waals surface area contributed by atoms with Crippen molar-refractivity contribution in [3.8, 4) is 0 Å². The first kappa shape index (κ1) is 16.7. The van der Waals surface area contributed by atoms with Gasteiger partial charge in [-0.05, 0) is 62.2 Å². The summed E-state index contributed by atoms with van der Waals surface area (Å²) in [6.07, 6.45) is 5.58. The molecule has 2 saturated heterocycles. The lowest BCUT2D eigenvalue weighted by Crippen LogP contribution is -2.48. The molecule has 3 heterocycles. The molecular weight excluding hydrogens is 342 g/mol. The average molecular weight is 365 g/mol. The molecule has 8 nitrogen and oxygen atoms in total. The number of piperidine rings is 2. The van der Waals surface area contributed by atoms with E-state index in [1.807, 2.05) is 0 Å². The Morgan fingerprint density at radius 1 is 1.04 bits per heavy atom. The standard InChI is InChI=1S/C16H23N5O3S/c22-21-16-5-4-14(12-15(16)17-18-21)25(23,24)20-10-6-13(7-11-20)19-8-2-1-3-9-19/h4-5,12-13,22H,1-3,6-11H2. The van der Waals surface area contributed by atoms with Crippen LogP contribution in [0.1, 0.15) is 32.1 Å². The minimum Gasteiger partial charge on any atom is -0.410 e. The normalized spacial score (nSPS) is 21.8. The van der Waals surface area contributed by atoms with Gasteiger partial charge < -0.3 is 10.1 Å². The van der Waals surface area contributed by atoms with Crippen molar-refractivity contribution in [1.82, 2.24) is 24.4 Å². The zero-order valence-corrected chi connectivity index (χ0v) is 14.9. The molecule has 1 aromatic carbocycles. The van der Waals surface area contributed by atoms with E-state index in [-0.39, 0.29) is 4.90 Å². The van der Waals surface area contributed by atoms with Crippen LogP contribution < -0.4 is 0 Å². The summed E-state index contributed by atoms with van der Waals surface area (Å²) in [7, 11) is -3.54. The van der Waals surface area contributed by atoms with Crippen molar-refractivity contribution in [3.63, 3.8) is 0 Å². The lowest BCUT2D eigenvalue weighted by atomic mass is 10.0. The third-order valence-corrected chi connectivity index (χ3v) is 7.26. The van der Waals surface area contributed by atoms with Crippen molar-refractivity contribution in [2.24, 2.45) is 0 Å². The molecule has 0 spiro atoms. The lowest BCUT2D eigenvalue weighted by Gasteiger charge is -2.39. The van der Waals surface area contributed by atoms with E-state index in [4.69, 9.17) is 0 Å². The van der Waals surface area contributed by atoms with Crippen molar-refractivity contribution in [3.05, 3.63) is 18.2 Å². The smallest absolute Gasteiger partial charge is 0.243 e. The van der Waals surface area contributed by atoms with Crippen LogP contribution in [0, 0.1) is 0 Å². The molecule has 2 fully saturated rings. The van der Waals surface area contributed by atoms with Crippen LogP contribution in [0.15, 0.2) is 23.1 Å². The fourth-order valence-electron chi connectivity index (χ4n) is 3.93. The Balaban J connectivity index is 1.48. The summed E-state index contributed by atoms with van der Waals surface area (Å²) >= 11 is 0. The van der Waals surface area contributed by atoms with Gasteiger partial charge in [-0.15, -0.1) is 5.10 Å². The number of rotatable bonds is 3. The van der Waals surface area contributed by atoms with Crippen LogP contribution in [-0.4, -0.2) is 70.2 Å². The van der Waals surface area contributed by atoms with E-state index in [1.165, 1.54) is 37.5 Å². The number of benzene rings is 1. The van der Waals surface area contributed by atoms with E-state index in [9.17, 15) is 13.6 Å². The van der Waals surface area contributed by atoms with E-state index in [0.717, 1.165) is 25.9 Å². The van der Waals surface area contributed by atoms with Gasteiger partial charge in [0.25, 0.3) is 0 Å². The third-order valence-electron chi connectivity index (χ3n) is 5.37. The van der Waals surface area contributed by atoms with Gasteiger partial charge in [0.05, 0.1) is 4.90 Å². The highest BCUT2D eigenvalue weighted by atomic mass is 32.2. The average Bonchev–Trinajstić information content (AvgIpc) is 3.03. The molecule has 25 heavy (non-hydrogen) atoms. The highest BCUT2D eigenvalue weighted by Crippen LogP contribution is 2.26. The molecule has 0 amide bonds. The van der Waals surface area contributed by atoms with Crippen LogP contribution in [0.2, 0.25) is 0 Å². The van der Waals surface area contributed by atoms with Crippen LogP contribution >= 0.6 is 0 Å². The van der Waals surface area contributed by atoms with E-state index < -0.39 is 10.0 Å². The highest BCUT2D eigenvalue weighted by Gasteiger charge is 2.32. The second-order valence-corrected chi connectivity index (χ2v) is 8.80. The van der Waals surface area contributed by atoms with Crippen molar-refractivity contribution in [2.45, 2.75) is 43.0 Å². The number of likely N-dealkylation sites (tertiary alicyclic amines) is 1. The number of hydrogen-bond acceptors (Lipinski definition) is 6. The predicted molar refractivity (Wildman–Crippen MR) is 91.9 cm³/mol. The van der Waals surface area contributed by atoms with Crippen LogP contribution in [0.5, 0.6) is 0 Å². The monoisotopic (exact) mass is 365 g/mol. The summed E-state index contributed by atoms with van der Waals surface area (Å²) in [5.41, 5.74) is 0.759. The lowest BCUT2D eigenvalue weighted by molar-refractivity contribution is 0.118. The molecule has 1 aromatic heterocycles. The Hall–Kier alpha value is -1.71. The summed E-state index contributed by atoms with van der Waals surface area (Å²) < 4.78 is 27.4. The summed E-state index contributed by atoms with van der Waals surface area (Å²) in [5.74, 6) is 0. The summed E-state index contributed by atoms with van der Waals surface area (Å²) in [5, 5.41) is 16.8. The van der Waals surface area contributed by atoms with Gasteiger partial charge in [0.2, 0.25) is 10.0 Å². The van der Waals surface area contributed by atoms with Gasteiger partial charge in [-0.2, -0.15) is 4.31 Å². The molecule has 0 radical (unpaired) electrons. The second kappa shape index (κ2) is 6.54. The maximum atomic E-state index is 12.9. The predicted octanol–water partition coefficient (Wildman–Crippen LogP) is 1.31. The van der Waals surface area contributed by atoms with Gasteiger partial charge in [-0.3, -0.25) is 0 Å². The molecule has 2 aliphatic rings. The van der Waals surface area contributed by atoms with E-state index in [1.54, 1.807) is 4.31 Å². The van der Waals surface area contributed by atoms with Gasteiger partial charge in [0.15, 0.2) is 0 Å². The zero-order valence-electron chi connectivity index (χ0n) is 14.1. The first-order valence-electron chi connectivity index (χ1n) is 8.84. The first-order valence-corrected chi connectivity index (χ1v) is 10.3. The van der Waals surface area contributed by atoms with Crippen molar-refractivity contribution < 1.29 is 13.6 Å². The summed E-state index contributed by atoms with van der Waals surface area (Å²) in [6.45, 7) is 3.39. The Morgan fingerprint density at radius 3 is 2.48 bits per heavy atom. The number of hydrogen-bond donors (Lipinski definition) is 1. The van der Waals surface area contributed by atoms with Gasteiger partial charge in [-0.1, -0.05) is 11.3 Å². The molecule has 2 aliphatic heterocycles. The van der Waals surface area contributed by atoms with Crippen molar-refractivity contribution in [1.29, 1.82) is 0 Å². The maximum absolute atomic E-state index is 12.9. The van der Waals surface area contributed by atoms with E-state index >= 15 is 0 Å². The quantitative estimate of drug-likeness (QED) is 0.825. The van der Waals surface area contributed by atoms with Crippen LogP contribution in [-0.2, 0) is 10.0 Å². The molecule has 136 valence electrons. The zero-order chi connectivity index (χ0) is 17.4. The minimum absolute atomic E-state index is 0.205. The second-order valence-electron chi connectivity index (χ2n) is 6.86. The van der Waals surface area contributed by atoms with Gasteiger partial charge in [0, 0.05) is 19.1 Å². The Bertz CT molecular complexity index is 852. The number of aromatic nitrogens is 3. The molecule has 0 atom stereocenters. The number of nitrogens with zero attached hydrogens (tertiary/aromatic N) is 5. The van der Waals surface area contributed by atoms with E-state index in [0.29, 0.717) is 35.0 Å². The summed E-state index contributed by atoms with van der Waals surface area (Å²) in [4.78, 5) is 3.38. The van der Waals surface area contributed by atoms with Crippen molar-refractivity contribution >= 4 is 21.1 Å². The Labute approximate surface area is 147 Å². The van der Waals surface area contributed by atoms with Gasteiger partial charge in [-0.25, -0.2) is 8.42 Å². The molecule has 9 heteroatoms. The SMILES string of the molecule is O=S(=O)(c1ccc2c(c1)nnn2O)N1CCC(N2CCCCC2)CC1. The molecule has 0 saturated carbocycles. The van der Waals surface area contributed by atoms with Crippen molar-refractivity contribution in [2.75, 3.05) is 26.2 Å². The topological polar surface area (TPSA) is 91.6 Å². The molecule has 0 bridgehead atoms. The number of sulfonamides is 1. The molecule has 4 rings (SSSR count). The molecule has 0 unspecified atom stereocenters. The largest absolute Gasteiger partial charge is 0.410 e. The van der Waals surface area contributed by atoms with Gasteiger partial charge in [0.1, 0.15) is 11.0 Å². The summed E-state index contributed by atoms with van der Waals surface area (Å²) in [6, 6.07) is 5.01. The Morgan fingerprint density at radius 2 is 1.76 bits per heavy atom. The van der Waals surface area contributed by atoms with E-state index in [2.05, 4.69) is 15.2 Å². The van der Waals surface area contributed by atoms with Crippen LogP contribution in [0.4, 0.5) is 0 Å². The van der Waals surface area contributed by atoms with Crippen LogP contribution in [0.25, 0.3) is 11.0 Å². The molecular formula is C16H23N5O3S. The fraction of sp³-hybridized carbons (Fsp3) is 0.625. The molecule has 0 aliphatic carbocycles.